The van der Waals surface area contributed by atoms with E-state index in [0.717, 1.165) is 10.8 Å². The van der Waals surface area contributed by atoms with Crippen molar-refractivity contribution >= 4 is 10.8 Å². The summed E-state index contributed by atoms with van der Waals surface area (Å²) in [5.41, 5.74) is 0. The van der Waals surface area contributed by atoms with E-state index in [1.165, 1.54) is 13.3 Å². The number of fused-ring (bicyclic) bond motifs is 1. The first-order chi connectivity index (χ1) is 7.26. The molecule has 0 unspecified atom stereocenters. The summed E-state index contributed by atoms with van der Waals surface area (Å²) < 4.78 is 10.8. The number of hydrogen-bond acceptors (Lipinski definition) is 3. The summed E-state index contributed by atoms with van der Waals surface area (Å²) in [4.78, 5) is 0. The van der Waals surface area contributed by atoms with Crippen molar-refractivity contribution in [3.8, 4) is 11.6 Å². The molecule has 0 aliphatic rings. The predicted octanol–water partition coefficient (Wildman–Crippen LogP) is 1.49. The van der Waals surface area contributed by atoms with Crippen molar-refractivity contribution < 1.29 is 14.2 Å². The van der Waals surface area contributed by atoms with Crippen LogP contribution in [-0.2, 0) is 0 Å². The number of nitrogens with zero attached hydrogens (tertiary/aromatic N) is 1. The number of benzene rings is 1. The summed E-state index contributed by atoms with van der Waals surface area (Å²) in [7, 11) is 3.05. The Hall–Kier alpha value is -1.97. The Morgan fingerprint density at radius 2 is 2.00 bits per heavy atom. The highest BCUT2D eigenvalue weighted by atomic mass is 16.5. The molecule has 1 aromatic carbocycles. The van der Waals surface area contributed by atoms with Crippen LogP contribution >= 0.6 is 0 Å². The summed E-state index contributed by atoms with van der Waals surface area (Å²) in [6, 6.07) is 7.27. The number of aromatic nitrogens is 1. The lowest BCUT2D eigenvalue weighted by Crippen LogP contribution is -2.27. The largest absolute Gasteiger partial charge is 0.616 e. The molecule has 4 nitrogen and oxygen atoms in total. The predicted molar refractivity (Wildman–Crippen MR) is 56.0 cm³/mol. The molecule has 0 aliphatic heterocycles. The standard InChI is InChI=1S/C11H11NO3/c1-14-10-5-3-4-8-6-11(15-2)12(13)7-9(8)10/h3-7H,1-2H3. The molecule has 0 bridgehead atoms. The number of ether oxygens (including phenoxy) is 2. The normalized spacial score (nSPS) is 10.3. The average molecular weight is 205 g/mol. The van der Waals surface area contributed by atoms with Gasteiger partial charge in [-0.05, 0) is 6.07 Å². The van der Waals surface area contributed by atoms with E-state index in [2.05, 4.69) is 0 Å². The van der Waals surface area contributed by atoms with Crippen molar-refractivity contribution in [3.05, 3.63) is 35.7 Å². The van der Waals surface area contributed by atoms with Crippen LogP contribution in [0.3, 0.4) is 0 Å². The third kappa shape index (κ3) is 1.54. The fraction of sp³-hybridized carbons (Fsp3) is 0.182. The van der Waals surface area contributed by atoms with Gasteiger partial charge in [0.15, 0.2) is 6.20 Å². The highest BCUT2D eigenvalue weighted by Gasteiger charge is 2.10. The van der Waals surface area contributed by atoms with Gasteiger partial charge in [-0.3, -0.25) is 0 Å². The molecule has 0 aliphatic carbocycles. The van der Waals surface area contributed by atoms with Crippen LogP contribution in [0.2, 0.25) is 0 Å². The Morgan fingerprint density at radius 1 is 1.20 bits per heavy atom. The van der Waals surface area contributed by atoms with E-state index in [1.807, 2.05) is 18.2 Å². The topological polar surface area (TPSA) is 45.4 Å². The van der Waals surface area contributed by atoms with Crippen LogP contribution in [0, 0.1) is 5.21 Å². The van der Waals surface area contributed by atoms with E-state index in [9.17, 15) is 5.21 Å². The highest BCUT2D eigenvalue weighted by molar-refractivity contribution is 5.87. The molecule has 0 saturated carbocycles. The van der Waals surface area contributed by atoms with Crippen molar-refractivity contribution in [2.24, 2.45) is 0 Å². The Morgan fingerprint density at radius 3 is 2.67 bits per heavy atom. The zero-order valence-corrected chi connectivity index (χ0v) is 8.56. The van der Waals surface area contributed by atoms with Crippen molar-refractivity contribution in [2.75, 3.05) is 14.2 Å². The van der Waals surface area contributed by atoms with Crippen molar-refractivity contribution in [1.82, 2.24) is 0 Å². The maximum absolute atomic E-state index is 11.5. The second-order valence-electron chi connectivity index (χ2n) is 3.10. The van der Waals surface area contributed by atoms with Gasteiger partial charge in [-0.15, -0.1) is 4.73 Å². The van der Waals surface area contributed by atoms with Gasteiger partial charge in [-0.25, -0.2) is 0 Å². The van der Waals surface area contributed by atoms with E-state index in [1.54, 1.807) is 13.2 Å². The fourth-order valence-corrected chi connectivity index (χ4v) is 1.53. The molecular formula is C11H11NO3. The summed E-state index contributed by atoms with van der Waals surface area (Å²) in [6.45, 7) is 0. The first-order valence-corrected chi connectivity index (χ1v) is 4.50. The van der Waals surface area contributed by atoms with Crippen LogP contribution in [0.5, 0.6) is 11.6 Å². The minimum absolute atomic E-state index is 0.274. The quantitative estimate of drug-likeness (QED) is 0.551. The van der Waals surface area contributed by atoms with Crippen LogP contribution in [0.4, 0.5) is 0 Å². The fourth-order valence-electron chi connectivity index (χ4n) is 1.53. The van der Waals surface area contributed by atoms with Crippen LogP contribution < -0.4 is 14.2 Å². The van der Waals surface area contributed by atoms with E-state index < -0.39 is 0 Å². The second kappa shape index (κ2) is 3.65. The minimum Gasteiger partial charge on any atom is -0.616 e. The molecule has 0 amide bonds. The Kier molecular flexibility index (Phi) is 2.33. The molecule has 78 valence electrons. The van der Waals surface area contributed by atoms with E-state index in [0.29, 0.717) is 10.5 Å². The van der Waals surface area contributed by atoms with Gasteiger partial charge in [0.1, 0.15) is 5.75 Å². The van der Waals surface area contributed by atoms with Crippen LogP contribution in [-0.4, -0.2) is 14.2 Å². The zero-order chi connectivity index (χ0) is 10.8. The van der Waals surface area contributed by atoms with Gasteiger partial charge in [0.05, 0.1) is 25.7 Å². The first kappa shape index (κ1) is 9.58. The highest BCUT2D eigenvalue weighted by Crippen LogP contribution is 2.25. The maximum Gasteiger partial charge on any atom is 0.379 e. The van der Waals surface area contributed by atoms with Gasteiger partial charge in [0.25, 0.3) is 0 Å². The molecule has 0 fully saturated rings. The summed E-state index contributed by atoms with van der Waals surface area (Å²) >= 11 is 0. The third-order valence-corrected chi connectivity index (χ3v) is 2.27. The number of hydrogen-bond donors (Lipinski definition) is 0. The van der Waals surface area contributed by atoms with Gasteiger partial charge in [0, 0.05) is 5.39 Å². The first-order valence-electron chi connectivity index (χ1n) is 4.50. The summed E-state index contributed by atoms with van der Waals surface area (Å²) in [6.07, 6.45) is 1.45. The molecule has 0 radical (unpaired) electrons. The minimum atomic E-state index is 0.274. The van der Waals surface area contributed by atoms with Crippen LogP contribution in [0.25, 0.3) is 10.8 Å². The van der Waals surface area contributed by atoms with Crippen molar-refractivity contribution in [1.29, 1.82) is 0 Å². The molecule has 0 spiro atoms. The van der Waals surface area contributed by atoms with Crippen molar-refractivity contribution in [3.63, 3.8) is 0 Å². The molecule has 2 rings (SSSR count). The second-order valence-corrected chi connectivity index (χ2v) is 3.10. The van der Waals surface area contributed by atoms with Crippen LogP contribution in [0.1, 0.15) is 0 Å². The summed E-state index contributed by atoms with van der Waals surface area (Å²) in [5.74, 6) is 0.954. The van der Waals surface area contributed by atoms with Gasteiger partial charge in [-0.1, -0.05) is 12.1 Å². The van der Waals surface area contributed by atoms with Crippen molar-refractivity contribution in [2.45, 2.75) is 0 Å². The lowest BCUT2D eigenvalue weighted by atomic mass is 10.1. The SMILES string of the molecule is COc1cccc2cc(OC)[n+]([O-])cc12. The van der Waals surface area contributed by atoms with Gasteiger partial charge >= 0.3 is 5.88 Å². The number of rotatable bonds is 2. The Labute approximate surface area is 87.2 Å². The smallest absolute Gasteiger partial charge is 0.379 e. The third-order valence-electron chi connectivity index (χ3n) is 2.27. The molecule has 0 N–H and O–H groups in total. The Balaban J connectivity index is 2.74. The lowest BCUT2D eigenvalue weighted by Gasteiger charge is -2.07. The molecule has 4 heteroatoms. The molecular weight excluding hydrogens is 194 g/mol. The maximum atomic E-state index is 11.5. The van der Waals surface area contributed by atoms with Gasteiger partial charge in [0.2, 0.25) is 0 Å². The van der Waals surface area contributed by atoms with Crippen LogP contribution in [0.15, 0.2) is 30.5 Å². The van der Waals surface area contributed by atoms with E-state index in [-0.39, 0.29) is 5.88 Å². The van der Waals surface area contributed by atoms with Gasteiger partial charge in [-0.2, -0.15) is 0 Å². The molecule has 1 aromatic heterocycles. The zero-order valence-electron chi connectivity index (χ0n) is 8.56. The monoisotopic (exact) mass is 205 g/mol. The molecule has 1 heterocycles. The van der Waals surface area contributed by atoms with E-state index in [4.69, 9.17) is 9.47 Å². The molecule has 0 saturated heterocycles. The number of methoxy groups -OCH3 is 2. The lowest BCUT2D eigenvalue weighted by molar-refractivity contribution is -0.610. The number of pyridine rings is 1. The Bertz CT molecular complexity index is 496. The molecule has 0 atom stereocenters. The van der Waals surface area contributed by atoms with Gasteiger partial charge < -0.3 is 14.7 Å². The average Bonchev–Trinajstić information content (AvgIpc) is 2.27. The molecule has 15 heavy (non-hydrogen) atoms. The summed E-state index contributed by atoms with van der Waals surface area (Å²) in [5, 5.41) is 13.2. The molecule has 2 aromatic rings. The van der Waals surface area contributed by atoms with E-state index >= 15 is 0 Å².